The largest absolute Gasteiger partial charge is 0.389 e. The molecule has 1 atom stereocenters. The lowest BCUT2D eigenvalue weighted by Crippen LogP contribution is -2.40. The van der Waals surface area contributed by atoms with Crippen LogP contribution in [-0.4, -0.2) is 53.4 Å². The number of para-hydroxylation sites is 2. The fraction of sp³-hybridized carbons (Fsp3) is 0.240. The number of nitrogens with zero attached hydrogens (tertiary/aromatic N) is 2. The fourth-order valence-corrected chi connectivity index (χ4v) is 3.96. The van der Waals surface area contributed by atoms with Crippen LogP contribution in [0.3, 0.4) is 0 Å². The van der Waals surface area contributed by atoms with Gasteiger partial charge in [-0.2, -0.15) is 0 Å². The second-order valence-electron chi connectivity index (χ2n) is 7.41. The van der Waals surface area contributed by atoms with E-state index in [1.54, 1.807) is 24.1 Å². The van der Waals surface area contributed by atoms with Gasteiger partial charge in [-0.15, -0.1) is 0 Å². The topological polar surface area (TPSA) is 54.7 Å². The number of hydrogen-bond acceptors (Lipinski definition) is 3. The molecule has 4 rings (SSSR count). The Balaban J connectivity index is 1.59. The molecule has 0 spiro atoms. The molecule has 5 nitrogen and oxygen atoms in total. The number of aliphatic hydroxyl groups excluding tert-OH is 1. The Morgan fingerprint density at radius 3 is 2.10 bits per heavy atom. The second-order valence-corrected chi connectivity index (χ2v) is 7.41. The van der Waals surface area contributed by atoms with E-state index >= 15 is 0 Å². The molecular formula is C25H26N2O3. The highest BCUT2D eigenvalue weighted by Crippen LogP contribution is 2.28. The highest BCUT2D eigenvalue weighted by Gasteiger charge is 2.20. The molecule has 1 N–H and O–H groups in total. The van der Waals surface area contributed by atoms with E-state index in [1.165, 1.54) is 0 Å². The van der Waals surface area contributed by atoms with Crippen LogP contribution in [0.1, 0.15) is 10.4 Å². The summed E-state index contributed by atoms with van der Waals surface area (Å²) in [5.74, 6) is -0.103. The summed E-state index contributed by atoms with van der Waals surface area (Å²) in [6.07, 6.45) is -0.714. The maximum absolute atomic E-state index is 13.0. The van der Waals surface area contributed by atoms with Crippen molar-refractivity contribution in [3.63, 3.8) is 0 Å². The van der Waals surface area contributed by atoms with Crippen molar-refractivity contribution in [2.24, 2.45) is 0 Å². The van der Waals surface area contributed by atoms with Gasteiger partial charge in [0.1, 0.15) is 0 Å². The summed E-state index contributed by atoms with van der Waals surface area (Å²) in [4.78, 5) is 14.6. The van der Waals surface area contributed by atoms with Crippen molar-refractivity contribution in [1.82, 2.24) is 9.47 Å². The molecule has 0 radical (unpaired) electrons. The molecule has 0 unspecified atom stereocenters. The average molecular weight is 402 g/mol. The van der Waals surface area contributed by atoms with Crippen LogP contribution in [-0.2, 0) is 11.3 Å². The summed E-state index contributed by atoms with van der Waals surface area (Å²) in [7, 11) is 1.61. The third-order valence-corrected chi connectivity index (χ3v) is 5.38. The van der Waals surface area contributed by atoms with Crippen molar-refractivity contribution in [3.05, 3.63) is 84.4 Å². The van der Waals surface area contributed by atoms with Crippen LogP contribution in [0.15, 0.2) is 78.9 Å². The lowest BCUT2D eigenvalue weighted by molar-refractivity contribution is 0.0521. The Bertz CT molecular complexity index is 1080. The number of aromatic nitrogens is 1. The first kappa shape index (κ1) is 20.1. The van der Waals surface area contributed by atoms with Crippen LogP contribution >= 0.6 is 0 Å². The SMILES string of the molecule is COCCN(C[C@@H](O)Cn1c2ccccc2c2ccccc21)C(=O)c1ccccc1. The lowest BCUT2D eigenvalue weighted by atomic mass is 10.2. The zero-order valence-electron chi connectivity index (χ0n) is 17.1. The van der Waals surface area contributed by atoms with Crippen molar-refractivity contribution in [2.45, 2.75) is 12.6 Å². The number of carbonyl (C=O) groups is 1. The monoisotopic (exact) mass is 402 g/mol. The molecule has 0 aliphatic carbocycles. The van der Waals surface area contributed by atoms with Crippen molar-refractivity contribution < 1.29 is 14.6 Å². The van der Waals surface area contributed by atoms with Crippen LogP contribution in [0.25, 0.3) is 21.8 Å². The lowest BCUT2D eigenvalue weighted by Gasteiger charge is -2.26. The van der Waals surface area contributed by atoms with Gasteiger partial charge in [0.25, 0.3) is 5.91 Å². The maximum Gasteiger partial charge on any atom is 0.254 e. The fourth-order valence-electron chi connectivity index (χ4n) is 3.96. The number of carbonyl (C=O) groups excluding carboxylic acids is 1. The number of amides is 1. The second kappa shape index (κ2) is 9.11. The Morgan fingerprint density at radius 1 is 0.933 bits per heavy atom. The zero-order valence-corrected chi connectivity index (χ0v) is 17.1. The number of methoxy groups -OCH3 is 1. The number of hydrogen-bond donors (Lipinski definition) is 1. The Hall–Kier alpha value is -3.15. The molecule has 0 saturated heterocycles. The minimum atomic E-state index is -0.714. The molecular weight excluding hydrogens is 376 g/mol. The molecule has 0 aliphatic rings. The summed E-state index contributed by atoms with van der Waals surface area (Å²) in [5, 5.41) is 13.3. The van der Waals surface area contributed by atoms with Gasteiger partial charge in [0, 0.05) is 47.6 Å². The van der Waals surface area contributed by atoms with Crippen LogP contribution in [0.5, 0.6) is 0 Å². The van der Waals surface area contributed by atoms with E-state index in [-0.39, 0.29) is 12.5 Å². The Labute approximate surface area is 176 Å². The number of rotatable bonds is 8. The predicted molar refractivity (Wildman–Crippen MR) is 120 cm³/mol. The minimum absolute atomic E-state index is 0.103. The maximum atomic E-state index is 13.0. The van der Waals surface area contributed by atoms with Gasteiger partial charge in [0.2, 0.25) is 0 Å². The first-order valence-corrected chi connectivity index (χ1v) is 10.2. The van der Waals surface area contributed by atoms with Crippen LogP contribution in [0, 0.1) is 0 Å². The molecule has 154 valence electrons. The zero-order chi connectivity index (χ0) is 20.9. The average Bonchev–Trinajstić information content (AvgIpc) is 3.10. The van der Waals surface area contributed by atoms with Gasteiger partial charge in [-0.25, -0.2) is 0 Å². The molecule has 30 heavy (non-hydrogen) atoms. The molecule has 0 saturated carbocycles. The van der Waals surface area contributed by atoms with E-state index in [9.17, 15) is 9.90 Å². The van der Waals surface area contributed by atoms with E-state index < -0.39 is 6.10 Å². The molecule has 0 aliphatic heterocycles. The molecule has 1 heterocycles. The van der Waals surface area contributed by atoms with Crippen LogP contribution < -0.4 is 0 Å². The van der Waals surface area contributed by atoms with Crippen molar-refractivity contribution in [1.29, 1.82) is 0 Å². The van der Waals surface area contributed by atoms with E-state index in [0.717, 1.165) is 21.8 Å². The number of fused-ring (bicyclic) bond motifs is 3. The van der Waals surface area contributed by atoms with E-state index in [4.69, 9.17) is 4.74 Å². The van der Waals surface area contributed by atoms with Gasteiger partial charge in [0.15, 0.2) is 0 Å². The normalized spacial score (nSPS) is 12.3. The highest BCUT2D eigenvalue weighted by molar-refractivity contribution is 6.07. The summed E-state index contributed by atoms with van der Waals surface area (Å²) in [5.41, 5.74) is 2.77. The molecule has 3 aromatic carbocycles. The summed E-state index contributed by atoms with van der Waals surface area (Å²) < 4.78 is 7.32. The van der Waals surface area contributed by atoms with Crippen molar-refractivity contribution in [3.8, 4) is 0 Å². The molecule has 0 bridgehead atoms. The molecule has 1 amide bonds. The number of ether oxygens (including phenoxy) is 1. The third-order valence-electron chi connectivity index (χ3n) is 5.38. The van der Waals surface area contributed by atoms with Gasteiger partial charge in [-0.05, 0) is 24.3 Å². The summed E-state index contributed by atoms with van der Waals surface area (Å²) in [6.45, 7) is 1.48. The highest BCUT2D eigenvalue weighted by atomic mass is 16.5. The van der Waals surface area contributed by atoms with Gasteiger partial charge < -0.3 is 19.3 Å². The smallest absolute Gasteiger partial charge is 0.254 e. The first-order valence-electron chi connectivity index (χ1n) is 10.2. The predicted octanol–water partition coefficient (Wildman–Crippen LogP) is 3.94. The first-order chi connectivity index (χ1) is 14.7. The quantitative estimate of drug-likeness (QED) is 0.486. The summed E-state index contributed by atoms with van der Waals surface area (Å²) in [6, 6.07) is 25.6. The van der Waals surface area contributed by atoms with Crippen LogP contribution in [0.4, 0.5) is 0 Å². The summed E-state index contributed by atoms with van der Waals surface area (Å²) >= 11 is 0. The minimum Gasteiger partial charge on any atom is -0.389 e. The number of benzene rings is 3. The Morgan fingerprint density at radius 2 is 1.50 bits per heavy atom. The standard InChI is InChI=1S/C25H26N2O3/c1-30-16-15-26(25(29)19-9-3-2-4-10-19)17-20(28)18-27-23-13-7-5-11-21(23)22-12-6-8-14-24(22)27/h2-14,20,28H,15-18H2,1H3/t20-/m1/s1. The van der Waals surface area contributed by atoms with Gasteiger partial charge in [-0.3, -0.25) is 4.79 Å². The van der Waals surface area contributed by atoms with Crippen molar-refractivity contribution >= 4 is 27.7 Å². The molecule has 4 aromatic rings. The van der Waals surface area contributed by atoms with Gasteiger partial charge in [-0.1, -0.05) is 54.6 Å². The van der Waals surface area contributed by atoms with Crippen LogP contribution in [0.2, 0.25) is 0 Å². The molecule has 0 fully saturated rings. The Kier molecular flexibility index (Phi) is 6.12. The van der Waals surface area contributed by atoms with Gasteiger partial charge in [0.05, 0.1) is 19.3 Å². The van der Waals surface area contributed by atoms with Gasteiger partial charge >= 0.3 is 0 Å². The van der Waals surface area contributed by atoms with E-state index in [0.29, 0.717) is 25.3 Å². The van der Waals surface area contributed by atoms with Crippen molar-refractivity contribution in [2.75, 3.05) is 26.8 Å². The number of aliphatic hydroxyl groups is 1. The molecule has 1 aromatic heterocycles. The van der Waals surface area contributed by atoms with E-state index in [1.807, 2.05) is 42.5 Å². The molecule has 5 heteroatoms. The third kappa shape index (κ3) is 4.08. The van der Waals surface area contributed by atoms with E-state index in [2.05, 4.69) is 28.8 Å².